The van der Waals surface area contributed by atoms with Gasteiger partial charge < -0.3 is 13.9 Å². The van der Waals surface area contributed by atoms with Gasteiger partial charge >= 0.3 is 5.97 Å². The van der Waals surface area contributed by atoms with Crippen molar-refractivity contribution >= 4 is 37.8 Å². The van der Waals surface area contributed by atoms with E-state index in [2.05, 4.69) is 36.6 Å². The van der Waals surface area contributed by atoms with E-state index in [0.717, 1.165) is 14.5 Å². The Morgan fingerprint density at radius 3 is 2.42 bits per heavy atom. The van der Waals surface area contributed by atoms with Gasteiger partial charge in [-0.25, -0.2) is 4.79 Å². The summed E-state index contributed by atoms with van der Waals surface area (Å²) in [7, 11) is 1.29. The van der Waals surface area contributed by atoms with Crippen LogP contribution in [0.4, 0.5) is 0 Å². The summed E-state index contributed by atoms with van der Waals surface area (Å²) < 4.78 is 17.0. The van der Waals surface area contributed by atoms with Crippen LogP contribution in [0.15, 0.2) is 37.6 Å². The summed E-state index contributed by atoms with van der Waals surface area (Å²) >= 11 is 6.83. The minimum absolute atomic E-state index is 0.0943. The van der Waals surface area contributed by atoms with Crippen molar-refractivity contribution in [1.29, 1.82) is 0 Å². The third-order valence-electron chi connectivity index (χ3n) is 2.31. The van der Waals surface area contributed by atoms with Gasteiger partial charge in [-0.05, 0) is 62.5 Å². The zero-order valence-electron chi connectivity index (χ0n) is 10.2. The molecule has 100 valence electrons. The molecule has 2 rings (SSSR count). The van der Waals surface area contributed by atoms with Gasteiger partial charge in [0, 0.05) is 6.07 Å². The van der Waals surface area contributed by atoms with E-state index in [4.69, 9.17) is 9.15 Å². The van der Waals surface area contributed by atoms with Crippen LogP contribution in [0.2, 0.25) is 0 Å². The highest BCUT2D eigenvalue weighted by Gasteiger charge is 2.15. The molecule has 6 heteroatoms. The van der Waals surface area contributed by atoms with Gasteiger partial charge in [0.25, 0.3) is 5.95 Å². The lowest BCUT2D eigenvalue weighted by Crippen LogP contribution is -1.98. The van der Waals surface area contributed by atoms with E-state index in [-0.39, 0.29) is 11.7 Å². The van der Waals surface area contributed by atoms with E-state index < -0.39 is 5.97 Å². The van der Waals surface area contributed by atoms with E-state index in [9.17, 15) is 4.79 Å². The first kappa shape index (κ1) is 14.1. The standard InChI is InChI=1S/C13H10Br2O4/c1-7-5-8(14)12(9(15)6-7)19-11-4-3-10(18-11)13(16)17-2/h3-6H,1-2H3. The molecule has 1 aromatic heterocycles. The number of halogens is 2. The highest BCUT2D eigenvalue weighted by Crippen LogP contribution is 2.38. The van der Waals surface area contributed by atoms with E-state index in [1.54, 1.807) is 6.07 Å². The number of carbonyl (C=O) groups is 1. The van der Waals surface area contributed by atoms with Crippen molar-refractivity contribution in [2.75, 3.05) is 7.11 Å². The Hall–Kier alpha value is -1.27. The third kappa shape index (κ3) is 3.19. The number of hydrogen-bond acceptors (Lipinski definition) is 4. The Morgan fingerprint density at radius 2 is 1.84 bits per heavy atom. The molecule has 0 spiro atoms. The molecule has 19 heavy (non-hydrogen) atoms. The first-order chi connectivity index (χ1) is 9.01. The number of carbonyl (C=O) groups excluding carboxylic acids is 1. The zero-order chi connectivity index (χ0) is 14.0. The number of hydrogen-bond donors (Lipinski definition) is 0. The van der Waals surface area contributed by atoms with Crippen LogP contribution < -0.4 is 4.74 Å². The van der Waals surface area contributed by atoms with Crippen molar-refractivity contribution in [3.05, 3.63) is 44.5 Å². The molecule has 0 radical (unpaired) electrons. The molecule has 0 unspecified atom stereocenters. The molecule has 0 saturated carbocycles. The van der Waals surface area contributed by atoms with E-state index in [0.29, 0.717) is 5.75 Å². The van der Waals surface area contributed by atoms with Crippen molar-refractivity contribution in [2.45, 2.75) is 6.92 Å². The lowest BCUT2D eigenvalue weighted by atomic mass is 10.2. The lowest BCUT2D eigenvalue weighted by molar-refractivity contribution is 0.0560. The minimum Gasteiger partial charge on any atom is -0.463 e. The number of esters is 1. The van der Waals surface area contributed by atoms with E-state index in [1.165, 1.54) is 13.2 Å². The van der Waals surface area contributed by atoms with Crippen molar-refractivity contribution in [1.82, 2.24) is 0 Å². The average molecular weight is 390 g/mol. The van der Waals surface area contributed by atoms with Crippen LogP contribution in [0.5, 0.6) is 11.7 Å². The molecule has 0 fully saturated rings. The van der Waals surface area contributed by atoms with Crippen molar-refractivity contribution < 1.29 is 18.7 Å². The molecule has 2 aromatic rings. The van der Waals surface area contributed by atoms with Gasteiger partial charge in [-0.15, -0.1) is 0 Å². The number of ether oxygens (including phenoxy) is 2. The second kappa shape index (κ2) is 5.79. The van der Waals surface area contributed by atoms with Crippen molar-refractivity contribution in [2.24, 2.45) is 0 Å². The summed E-state index contributed by atoms with van der Waals surface area (Å²) in [4.78, 5) is 11.3. The summed E-state index contributed by atoms with van der Waals surface area (Å²) in [5.41, 5.74) is 1.08. The molecule has 0 N–H and O–H groups in total. The topological polar surface area (TPSA) is 48.7 Å². The summed E-state index contributed by atoms with van der Waals surface area (Å²) in [6.45, 7) is 1.97. The molecular formula is C13H10Br2O4. The predicted molar refractivity (Wildman–Crippen MR) is 76.7 cm³/mol. The number of benzene rings is 1. The van der Waals surface area contributed by atoms with Gasteiger partial charge in [-0.2, -0.15) is 0 Å². The number of methoxy groups -OCH3 is 1. The van der Waals surface area contributed by atoms with Gasteiger partial charge in [0.1, 0.15) is 0 Å². The van der Waals surface area contributed by atoms with Crippen LogP contribution >= 0.6 is 31.9 Å². The van der Waals surface area contributed by atoms with Crippen LogP contribution in [0.25, 0.3) is 0 Å². The van der Waals surface area contributed by atoms with Gasteiger partial charge in [0.2, 0.25) is 5.76 Å². The number of aryl methyl sites for hydroxylation is 1. The van der Waals surface area contributed by atoms with Gasteiger partial charge in [-0.1, -0.05) is 0 Å². The third-order valence-corrected chi connectivity index (χ3v) is 3.49. The Balaban J connectivity index is 2.27. The Kier molecular flexibility index (Phi) is 4.31. The molecule has 1 heterocycles. The lowest BCUT2D eigenvalue weighted by Gasteiger charge is -2.08. The van der Waals surface area contributed by atoms with Crippen LogP contribution in [-0.2, 0) is 4.74 Å². The smallest absolute Gasteiger partial charge is 0.374 e. The Labute approximate surface area is 127 Å². The second-order valence-electron chi connectivity index (χ2n) is 3.77. The first-order valence-corrected chi connectivity index (χ1v) is 6.91. The summed E-state index contributed by atoms with van der Waals surface area (Å²) in [5.74, 6) is 0.343. The van der Waals surface area contributed by atoms with Crippen molar-refractivity contribution in [3.63, 3.8) is 0 Å². The molecule has 0 aliphatic heterocycles. The number of rotatable bonds is 3. The minimum atomic E-state index is -0.545. The maximum absolute atomic E-state index is 11.3. The Morgan fingerprint density at radius 1 is 1.21 bits per heavy atom. The number of furan rings is 1. The maximum atomic E-state index is 11.3. The highest BCUT2D eigenvalue weighted by atomic mass is 79.9. The molecule has 0 bridgehead atoms. The van der Waals surface area contributed by atoms with Gasteiger partial charge in [0.15, 0.2) is 5.75 Å². The van der Waals surface area contributed by atoms with Gasteiger partial charge in [0.05, 0.1) is 16.1 Å². The average Bonchev–Trinajstić information content (AvgIpc) is 2.81. The molecular weight excluding hydrogens is 380 g/mol. The monoisotopic (exact) mass is 388 g/mol. The quantitative estimate of drug-likeness (QED) is 0.714. The first-order valence-electron chi connectivity index (χ1n) is 5.33. The summed E-state index contributed by atoms with van der Waals surface area (Å²) in [6, 6.07) is 6.90. The molecule has 1 aromatic carbocycles. The zero-order valence-corrected chi connectivity index (χ0v) is 13.4. The summed E-state index contributed by atoms with van der Waals surface area (Å²) in [6.07, 6.45) is 0. The molecule has 0 aliphatic carbocycles. The molecule has 4 nitrogen and oxygen atoms in total. The normalized spacial score (nSPS) is 10.3. The summed E-state index contributed by atoms with van der Waals surface area (Å²) in [5, 5.41) is 0. The fraction of sp³-hybridized carbons (Fsp3) is 0.154. The second-order valence-corrected chi connectivity index (χ2v) is 5.48. The SMILES string of the molecule is COC(=O)c1ccc(Oc2c(Br)cc(C)cc2Br)o1. The van der Waals surface area contributed by atoms with E-state index >= 15 is 0 Å². The van der Waals surface area contributed by atoms with Crippen molar-refractivity contribution in [3.8, 4) is 11.7 Å². The molecule has 0 atom stereocenters. The molecule has 0 saturated heterocycles. The van der Waals surface area contributed by atoms with Crippen LogP contribution in [-0.4, -0.2) is 13.1 Å². The predicted octanol–water partition coefficient (Wildman–Crippen LogP) is 4.69. The van der Waals surface area contributed by atoms with Crippen LogP contribution in [0.1, 0.15) is 16.1 Å². The van der Waals surface area contributed by atoms with Gasteiger partial charge in [-0.3, -0.25) is 0 Å². The maximum Gasteiger partial charge on any atom is 0.374 e. The Bertz CT molecular complexity index is 596. The fourth-order valence-corrected chi connectivity index (χ4v) is 3.05. The van der Waals surface area contributed by atoms with E-state index in [1.807, 2.05) is 19.1 Å². The van der Waals surface area contributed by atoms with Crippen LogP contribution in [0, 0.1) is 6.92 Å². The highest BCUT2D eigenvalue weighted by molar-refractivity contribution is 9.11. The molecule has 0 amide bonds. The fourth-order valence-electron chi connectivity index (χ4n) is 1.47. The largest absolute Gasteiger partial charge is 0.463 e. The van der Waals surface area contributed by atoms with Crippen LogP contribution in [0.3, 0.4) is 0 Å². The molecule has 0 aliphatic rings.